The molecule has 2 aromatic heterocycles. The van der Waals surface area contributed by atoms with Gasteiger partial charge in [0.25, 0.3) is 0 Å². The van der Waals surface area contributed by atoms with Crippen LogP contribution in [0.2, 0.25) is 0 Å². The Hall–Kier alpha value is -1.80. The van der Waals surface area contributed by atoms with Gasteiger partial charge in [-0.15, -0.1) is 11.3 Å². The second-order valence-electron chi connectivity index (χ2n) is 4.91. The molecule has 21 heavy (non-hydrogen) atoms. The van der Waals surface area contributed by atoms with Crippen LogP contribution in [-0.4, -0.2) is 29.0 Å². The van der Waals surface area contributed by atoms with Gasteiger partial charge in [-0.3, -0.25) is 4.79 Å². The predicted molar refractivity (Wildman–Crippen MR) is 81.0 cm³/mol. The van der Waals surface area contributed by atoms with E-state index in [1.165, 1.54) is 37.4 Å². The van der Waals surface area contributed by atoms with Gasteiger partial charge >= 0.3 is 0 Å². The highest BCUT2D eigenvalue weighted by Gasteiger charge is 2.43. The SMILES string of the molecule is Cc1cnc(NC(=O)C(C)(C)S(=O)(=O)c2ccccn2)s1. The number of amides is 1. The molecule has 112 valence electrons. The number of nitrogens with one attached hydrogen (secondary N) is 1. The van der Waals surface area contributed by atoms with Gasteiger partial charge in [-0.1, -0.05) is 6.07 Å². The Morgan fingerprint density at radius 3 is 2.52 bits per heavy atom. The van der Waals surface area contributed by atoms with Crippen molar-refractivity contribution in [2.24, 2.45) is 0 Å². The first-order valence-corrected chi connectivity index (χ1v) is 8.44. The number of nitrogens with zero attached hydrogens (tertiary/aromatic N) is 2. The highest BCUT2D eigenvalue weighted by molar-refractivity contribution is 7.93. The molecule has 0 unspecified atom stereocenters. The Labute approximate surface area is 127 Å². The summed E-state index contributed by atoms with van der Waals surface area (Å²) >= 11 is 1.29. The van der Waals surface area contributed by atoms with Gasteiger partial charge in [0.2, 0.25) is 15.7 Å². The van der Waals surface area contributed by atoms with Gasteiger partial charge in [0.05, 0.1) is 0 Å². The summed E-state index contributed by atoms with van der Waals surface area (Å²) in [5.41, 5.74) is 0. The normalized spacial score (nSPS) is 12.1. The fourth-order valence-electron chi connectivity index (χ4n) is 1.55. The quantitative estimate of drug-likeness (QED) is 0.929. The number of thiazole rings is 1. The fourth-order valence-corrected chi connectivity index (χ4v) is 3.48. The topological polar surface area (TPSA) is 89.0 Å². The molecule has 6 nitrogen and oxygen atoms in total. The lowest BCUT2D eigenvalue weighted by molar-refractivity contribution is -0.117. The molecule has 1 amide bonds. The molecule has 2 rings (SSSR count). The van der Waals surface area contributed by atoms with Gasteiger partial charge in [-0.05, 0) is 32.9 Å². The van der Waals surface area contributed by atoms with Gasteiger partial charge in [-0.25, -0.2) is 18.4 Å². The van der Waals surface area contributed by atoms with Crippen molar-refractivity contribution < 1.29 is 13.2 Å². The van der Waals surface area contributed by atoms with Crippen molar-refractivity contribution in [3.8, 4) is 0 Å². The lowest BCUT2D eigenvalue weighted by Gasteiger charge is -2.22. The average Bonchev–Trinajstić information content (AvgIpc) is 2.84. The number of aromatic nitrogens is 2. The molecule has 0 saturated carbocycles. The van der Waals surface area contributed by atoms with E-state index in [0.29, 0.717) is 5.13 Å². The van der Waals surface area contributed by atoms with E-state index in [1.807, 2.05) is 6.92 Å². The minimum atomic E-state index is -3.90. The summed E-state index contributed by atoms with van der Waals surface area (Å²) in [6.07, 6.45) is 2.99. The lowest BCUT2D eigenvalue weighted by atomic mass is 10.2. The predicted octanol–water partition coefficient (Wildman–Crippen LogP) is 2.04. The van der Waals surface area contributed by atoms with Gasteiger partial charge in [0.15, 0.2) is 14.9 Å². The Kier molecular flexibility index (Phi) is 4.11. The Morgan fingerprint density at radius 2 is 2.00 bits per heavy atom. The molecule has 0 saturated heterocycles. The third-order valence-electron chi connectivity index (χ3n) is 2.97. The lowest BCUT2D eigenvalue weighted by Crippen LogP contribution is -2.44. The molecule has 2 heterocycles. The van der Waals surface area contributed by atoms with E-state index >= 15 is 0 Å². The maximum Gasteiger partial charge on any atom is 0.247 e. The Bertz CT molecular complexity index is 752. The molecule has 0 bridgehead atoms. The second-order valence-corrected chi connectivity index (χ2v) is 8.59. The van der Waals surface area contributed by atoms with E-state index in [1.54, 1.807) is 18.3 Å². The van der Waals surface area contributed by atoms with Crippen LogP contribution in [0, 0.1) is 6.92 Å². The Morgan fingerprint density at radius 1 is 1.29 bits per heavy atom. The summed E-state index contributed by atoms with van der Waals surface area (Å²) in [6.45, 7) is 4.56. The number of pyridine rings is 1. The minimum Gasteiger partial charge on any atom is -0.301 e. The first kappa shape index (κ1) is 15.6. The van der Waals surface area contributed by atoms with Crippen LogP contribution in [0.1, 0.15) is 18.7 Å². The maximum atomic E-state index is 12.6. The number of carbonyl (C=O) groups excluding carboxylic acids is 1. The van der Waals surface area contributed by atoms with Gasteiger partial charge < -0.3 is 5.32 Å². The first-order valence-electron chi connectivity index (χ1n) is 6.14. The minimum absolute atomic E-state index is 0.125. The van der Waals surface area contributed by atoms with E-state index < -0.39 is 20.5 Å². The van der Waals surface area contributed by atoms with Crippen LogP contribution in [0.15, 0.2) is 35.6 Å². The molecule has 0 aliphatic heterocycles. The van der Waals surface area contributed by atoms with Gasteiger partial charge in [0.1, 0.15) is 0 Å². The highest BCUT2D eigenvalue weighted by atomic mass is 32.2. The van der Waals surface area contributed by atoms with Gasteiger partial charge in [-0.2, -0.15) is 0 Å². The van der Waals surface area contributed by atoms with Crippen molar-refractivity contribution in [3.05, 3.63) is 35.5 Å². The standard InChI is InChI=1S/C13H15N3O3S2/c1-9-8-15-12(20-9)16-11(17)13(2,3)21(18,19)10-6-4-5-7-14-10/h4-8H,1-3H3,(H,15,16,17). The largest absolute Gasteiger partial charge is 0.301 e. The number of carbonyl (C=O) groups is 1. The molecule has 0 atom stereocenters. The summed E-state index contributed by atoms with van der Waals surface area (Å²) in [6, 6.07) is 4.56. The summed E-state index contributed by atoms with van der Waals surface area (Å²) in [5.74, 6) is -0.637. The molecule has 2 aromatic rings. The molecule has 0 aliphatic carbocycles. The smallest absolute Gasteiger partial charge is 0.247 e. The zero-order valence-electron chi connectivity index (χ0n) is 11.8. The monoisotopic (exact) mass is 325 g/mol. The van der Waals surface area contributed by atoms with Crippen molar-refractivity contribution in [3.63, 3.8) is 0 Å². The van der Waals surface area contributed by atoms with Crippen LogP contribution in [0.5, 0.6) is 0 Å². The number of sulfone groups is 1. The van der Waals surface area contributed by atoms with Crippen molar-refractivity contribution in [2.75, 3.05) is 5.32 Å². The maximum absolute atomic E-state index is 12.6. The van der Waals surface area contributed by atoms with E-state index in [2.05, 4.69) is 15.3 Å². The summed E-state index contributed by atoms with van der Waals surface area (Å²) in [7, 11) is -3.90. The van der Waals surface area contributed by atoms with E-state index in [-0.39, 0.29) is 5.03 Å². The molecular weight excluding hydrogens is 310 g/mol. The summed E-state index contributed by atoms with van der Waals surface area (Å²) < 4.78 is 23.4. The van der Waals surface area contributed by atoms with Crippen LogP contribution < -0.4 is 5.32 Å². The van der Waals surface area contributed by atoms with E-state index in [4.69, 9.17) is 0 Å². The molecule has 1 N–H and O–H groups in total. The van der Waals surface area contributed by atoms with Crippen LogP contribution in [0.3, 0.4) is 0 Å². The molecular formula is C13H15N3O3S2. The zero-order chi connectivity index (χ0) is 15.7. The number of anilines is 1. The van der Waals surface area contributed by atoms with Crippen LogP contribution >= 0.6 is 11.3 Å². The van der Waals surface area contributed by atoms with Crippen LogP contribution in [0.25, 0.3) is 0 Å². The molecule has 0 aromatic carbocycles. The zero-order valence-corrected chi connectivity index (χ0v) is 13.5. The molecule has 8 heteroatoms. The van der Waals surface area contributed by atoms with E-state index in [9.17, 15) is 13.2 Å². The third kappa shape index (κ3) is 2.96. The number of rotatable bonds is 4. The van der Waals surface area contributed by atoms with Crippen LogP contribution in [0.4, 0.5) is 5.13 Å². The number of hydrogen-bond donors (Lipinski definition) is 1. The van der Waals surface area contributed by atoms with Gasteiger partial charge in [0, 0.05) is 17.3 Å². The fraction of sp³-hybridized carbons (Fsp3) is 0.308. The van der Waals surface area contributed by atoms with Crippen molar-refractivity contribution in [2.45, 2.75) is 30.5 Å². The second kappa shape index (κ2) is 5.53. The summed E-state index contributed by atoms with van der Waals surface area (Å²) in [4.78, 5) is 21.1. The number of hydrogen-bond acceptors (Lipinski definition) is 6. The number of aryl methyl sites for hydroxylation is 1. The van der Waals surface area contributed by atoms with E-state index in [0.717, 1.165) is 4.88 Å². The average molecular weight is 325 g/mol. The molecule has 0 fully saturated rings. The summed E-state index contributed by atoms with van der Waals surface area (Å²) in [5, 5.41) is 2.79. The van der Waals surface area contributed by atoms with Crippen molar-refractivity contribution in [1.82, 2.24) is 9.97 Å². The third-order valence-corrected chi connectivity index (χ3v) is 6.12. The highest BCUT2D eigenvalue weighted by Crippen LogP contribution is 2.26. The molecule has 0 radical (unpaired) electrons. The van der Waals surface area contributed by atoms with Crippen molar-refractivity contribution >= 4 is 32.2 Å². The van der Waals surface area contributed by atoms with Crippen molar-refractivity contribution in [1.29, 1.82) is 0 Å². The molecule has 0 spiro atoms. The molecule has 0 aliphatic rings. The van der Waals surface area contributed by atoms with Crippen LogP contribution in [-0.2, 0) is 14.6 Å². The Balaban J connectivity index is 2.30. The first-order chi connectivity index (χ1) is 9.75.